The van der Waals surface area contributed by atoms with Crippen molar-refractivity contribution in [1.82, 2.24) is 9.97 Å². The number of aromatic hydroxyl groups is 1. The fourth-order valence-electron chi connectivity index (χ4n) is 1.87. The number of hydrogen-bond donors (Lipinski definition) is 2. The third-order valence-electron chi connectivity index (χ3n) is 2.75. The van der Waals surface area contributed by atoms with Crippen LogP contribution >= 0.6 is 27.7 Å². The molecule has 6 heteroatoms. The van der Waals surface area contributed by atoms with Crippen molar-refractivity contribution in [2.24, 2.45) is 5.92 Å². The molecule has 0 aliphatic heterocycles. The predicted molar refractivity (Wildman–Crippen MR) is 90.7 cm³/mol. The van der Waals surface area contributed by atoms with Crippen LogP contribution in [0, 0.1) is 5.92 Å². The maximum Gasteiger partial charge on any atom is 0.262 e. The third-order valence-corrected chi connectivity index (χ3v) is 4.63. The molecule has 0 atom stereocenters. The molecule has 112 valence electrons. The topological polar surface area (TPSA) is 66.0 Å². The molecule has 0 spiro atoms. The predicted octanol–water partition coefficient (Wildman–Crippen LogP) is 3.79. The van der Waals surface area contributed by atoms with E-state index in [4.69, 9.17) is 0 Å². The zero-order valence-corrected chi connectivity index (χ0v) is 14.3. The summed E-state index contributed by atoms with van der Waals surface area (Å²) in [5.74, 6) is 2.42. The van der Waals surface area contributed by atoms with Gasteiger partial charge in [-0.15, -0.1) is 0 Å². The van der Waals surface area contributed by atoms with Gasteiger partial charge in [0.15, 0.2) is 0 Å². The van der Waals surface area contributed by atoms with Gasteiger partial charge in [0.2, 0.25) is 5.88 Å². The number of H-pyrrole nitrogens is 1. The fourth-order valence-corrected chi connectivity index (χ4v) is 3.19. The second kappa shape index (κ2) is 7.13. The first kappa shape index (κ1) is 16.1. The standard InChI is InChI=1S/C15H17BrN2O2S/c1-9(2)7-21-8-12-17-14(19)13(15(20)18-12)10-4-3-5-11(16)6-10/h3-6,9H,7-8H2,1-2H3,(H2,17,18,19,20). The molecule has 0 aliphatic carbocycles. The van der Waals surface area contributed by atoms with Crippen LogP contribution in [0.5, 0.6) is 5.88 Å². The van der Waals surface area contributed by atoms with Crippen molar-refractivity contribution in [1.29, 1.82) is 0 Å². The normalized spacial score (nSPS) is 11.0. The summed E-state index contributed by atoms with van der Waals surface area (Å²) in [4.78, 5) is 19.0. The second-order valence-electron chi connectivity index (χ2n) is 5.13. The first-order valence-electron chi connectivity index (χ1n) is 6.63. The molecule has 0 radical (unpaired) electrons. The largest absolute Gasteiger partial charge is 0.493 e. The van der Waals surface area contributed by atoms with Gasteiger partial charge < -0.3 is 10.1 Å². The molecule has 2 N–H and O–H groups in total. The molecule has 2 aromatic rings. The van der Waals surface area contributed by atoms with Gasteiger partial charge in [0.05, 0.1) is 5.75 Å². The monoisotopic (exact) mass is 368 g/mol. The van der Waals surface area contributed by atoms with Crippen LogP contribution in [0.2, 0.25) is 0 Å². The highest BCUT2D eigenvalue weighted by molar-refractivity contribution is 9.10. The molecule has 0 aliphatic rings. The van der Waals surface area contributed by atoms with Crippen LogP contribution in [0.1, 0.15) is 19.7 Å². The summed E-state index contributed by atoms with van der Waals surface area (Å²) < 4.78 is 0.843. The SMILES string of the molecule is CC(C)CSCc1nc(O)c(-c2cccc(Br)c2)c(=O)[nH]1. The van der Waals surface area contributed by atoms with E-state index in [-0.39, 0.29) is 17.0 Å². The Kier molecular flexibility index (Phi) is 5.47. The number of aromatic amines is 1. The maximum absolute atomic E-state index is 12.2. The van der Waals surface area contributed by atoms with E-state index in [1.807, 2.05) is 12.1 Å². The van der Waals surface area contributed by atoms with Crippen molar-refractivity contribution in [2.75, 3.05) is 5.75 Å². The molecule has 0 unspecified atom stereocenters. The van der Waals surface area contributed by atoms with Crippen LogP contribution in [-0.4, -0.2) is 20.8 Å². The fraction of sp³-hybridized carbons (Fsp3) is 0.333. The summed E-state index contributed by atoms with van der Waals surface area (Å²) in [6.45, 7) is 4.27. The van der Waals surface area contributed by atoms with Crippen LogP contribution in [-0.2, 0) is 5.75 Å². The number of nitrogens with one attached hydrogen (secondary N) is 1. The number of benzene rings is 1. The van der Waals surface area contributed by atoms with Crippen molar-refractivity contribution in [2.45, 2.75) is 19.6 Å². The molecule has 0 fully saturated rings. The van der Waals surface area contributed by atoms with E-state index in [2.05, 4.69) is 39.7 Å². The van der Waals surface area contributed by atoms with Gasteiger partial charge in [-0.3, -0.25) is 4.79 Å². The van der Waals surface area contributed by atoms with Crippen molar-refractivity contribution in [3.05, 3.63) is 44.9 Å². The summed E-state index contributed by atoms with van der Waals surface area (Å²) in [5, 5.41) is 10.1. The minimum Gasteiger partial charge on any atom is -0.493 e. The van der Waals surface area contributed by atoms with Gasteiger partial charge in [-0.25, -0.2) is 0 Å². The van der Waals surface area contributed by atoms with E-state index in [1.165, 1.54) is 0 Å². The Morgan fingerprint density at radius 1 is 1.43 bits per heavy atom. The summed E-state index contributed by atoms with van der Waals surface area (Å²) in [5.41, 5.74) is 0.520. The van der Waals surface area contributed by atoms with Gasteiger partial charge >= 0.3 is 0 Å². The Bertz CT molecular complexity index is 686. The van der Waals surface area contributed by atoms with Gasteiger partial charge in [-0.2, -0.15) is 16.7 Å². The van der Waals surface area contributed by atoms with Crippen molar-refractivity contribution >= 4 is 27.7 Å². The lowest BCUT2D eigenvalue weighted by Gasteiger charge is -2.07. The highest BCUT2D eigenvalue weighted by atomic mass is 79.9. The lowest BCUT2D eigenvalue weighted by molar-refractivity contribution is 0.451. The summed E-state index contributed by atoms with van der Waals surface area (Å²) in [7, 11) is 0. The lowest BCUT2D eigenvalue weighted by Crippen LogP contribution is -2.13. The zero-order valence-electron chi connectivity index (χ0n) is 11.9. The van der Waals surface area contributed by atoms with Gasteiger partial charge in [0.25, 0.3) is 5.56 Å². The average Bonchev–Trinajstić information content (AvgIpc) is 2.37. The smallest absolute Gasteiger partial charge is 0.262 e. The van der Waals surface area contributed by atoms with E-state index in [0.29, 0.717) is 23.1 Å². The highest BCUT2D eigenvalue weighted by Gasteiger charge is 2.13. The molecule has 1 heterocycles. The van der Waals surface area contributed by atoms with Crippen LogP contribution in [0.3, 0.4) is 0 Å². The minimum atomic E-state index is -0.319. The maximum atomic E-state index is 12.2. The lowest BCUT2D eigenvalue weighted by atomic mass is 10.1. The van der Waals surface area contributed by atoms with Gasteiger partial charge in [-0.05, 0) is 29.4 Å². The average molecular weight is 369 g/mol. The van der Waals surface area contributed by atoms with E-state index < -0.39 is 0 Å². The van der Waals surface area contributed by atoms with Gasteiger partial charge in [0, 0.05) is 4.47 Å². The minimum absolute atomic E-state index is 0.203. The van der Waals surface area contributed by atoms with Crippen LogP contribution in [0.4, 0.5) is 0 Å². The van der Waals surface area contributed by atoms with Gasteiger partial charge in [-0.1, -0.05) is 41.9 Å². The number of nitrogens with zero attached hydrogens (tertiary/aromatic N) is 1. The molecule has 0 bridgehead atoms. The first-order chi connectivity index (χ1) is 9.97. The Labute approximate surface area is 136 Å². The van der Waals surface area contributed by atoms with Gasteiger partial charge in [0.1, 0.15) is 11.4 Å². The molecule has 4 nitrogen and oxygen atoms in total. The van der Waals surface area contributed by atoms with Crippen LogP contribution < -0.4 is 5.56 Å². The summed E-state index contributed by atoms with van der Waals surface area (Å²) in [6, 6.07) is 7.22. The number of thioether (sulfide) groups is 1. The molecule has 1 aromatic carbocycles. The van der Waals surface area contributed by atoms with E-state index >= 15 is 0 Å². The Hall–Kier alpha value is -1.27. The Morgan fingerprint density at radius 2 is 2.19 bits per heavy atom. The number of rotatable bonds is 5. The molecule has 21 heavy (non-hydrogen) atoms. The Balaban J connectivity index is 2.28. The molecule has 1 aromatic heterocycles. The van der Waals surface area contributed by atoms with Crippen molar-refractivity contribution < 1.29 is 5.11 Å². The molecular weight excluding hydrogens is 352 g/mol. The number of hydrogen-bond acceptors (Lipinski definition) is 4. The summed E-state index contributed by atoms with van der Waals surface area (Å²) in [6.07, 6.45) is 0. The third kappa shape index (κ3) is 4.35. The molecule has 0 saturated carbocycles. The Morgan fingerprint density at radius 3 is 2.81 bits per heavy atom. The van der Waals surface area contributed by atoms with Crippen molar-refractivity contribution in [3.63, 3.8) is 0 Å². The van der Waals surface area contributed by atoms with Crippen LogP contribution in [0.15, 0.2) is 33.5 Å². The molecule has 0 amide bonds. The zero-order chi connectivity index (χ0) is 15.4. The van der Waals surface area contributed by atoms with E-state index in [9.17, 15) is 9.90 Å². The van der Waals surface area contributed by atoms with Crippen LogP contribution in [0.25, 0.3) is 11.1 Å². The molecular formula is C15H17BrN2O2S. The molecule has 2 rings (SSSR count). The van der Waals surface area contributed by atoms with Crippen molar-refractivity contribution in [3.8, 4) is 17.0 Å². The second-order valence-corrected chi connectivity index (χ2v) is 7.08. The summed E-state index contributed by atoms with van der Waals surface area (Å²) >= 11 is 5.04. The molecule has 0 saturated heterocycles. The number of halogens is 1. The number of aromatic nitrogens is 2. The first-order valence-corrected chi connectivity index (χ1v) is 8.58. The quantitative estimate of drug-likeness (QED) is 0.842. The highest BCUT2D eigenvalue weighted by Crippen LogP contribution is 2.26. The van der Waals surface area contributed by atoms with E-state index in [1.54, 1.807) is 23.9 Å². The van der Waals surface area contributed by atoms with E-state index in [0.717, 1.165) is 10.2 Å².